The monoisotopic (exact) mass is 238 g/mol. The second-order valence-electron chi connectivity index (χ2n) is 4.03. The van der Waals surface area contributed by atoms with Gasteiger partial charge in [0.15, 0.2) is 0 Å². The molecule has 1 fully saturated rings. The maximum absolute atomic E-state index is 10.4. The Morgan fingerprint density at radius 1 is 1.47 bits per heavy atom. The molecule has 0 unspecified atom stereocenters. The van der Waals surface area contributed by atoms with Crippen molar-refractivity contribution < 1.29 is 9.53 Å². The molecule has 0 aromatic carbocycles. The van der Waals surface area contributed by atoms with E-state index in [1.54, 1.807) is 13.8 Å². The van der Waals surface area contributed by atoms with Crippen molar-refractivity contribution in [3.05, 3.63) is 12.2 Å². The summed E-state index contributed by atoms with van der Waals surface area (Å²) in [4.78, 5) is 14.3. The van der Waals surface area contributed by atoms with E-state index in [1.807, 2.05) is 0 Å². The first kappa shape index (κ1) is 15.6. The summed E-state index contributed by atoms with van der Waals surface area (Å²) >= 11 is 0. The van der Waals surface area contributed by atoms with Crippen molar-refractivity contribution in [3.8, 4) is 0 Å². The molecule has 0 radical (unpaired) electrons. The molecule has 1 aliphatic rings. The SMILES string of the molecule is C=C(C)C(=O)OCC.N=C=NC1CCCCC1. The molecule has 0 atom stereocenters. The maximum Gasteiger partial charge on any atom is 0.333 e. The number of aliphatic imine (C=N–C) groups is 1. The third kappa shape index (κ3) is 8.40. The van der Waals surface area contributed by atoms with Gasteiger partial charge in [0, 0.05) is 5.57 Å². The van der Waals surface area contributed by atoms with E-state index >= 15 is 0 Å². The number of esters is 1. The molecule has 1 rings (SSSR count). The second-order valence-corrected chi connectivity index (χ2v) is 4.03. The van der Waals surface area contributed by atoms with Gasteiger partial charge in [-0.05, 0) is 26.7 Å². The van der Waals surface area contributed by atoms with Gasteiger partial charge < -0.3 is 4.74 Å². The van der Waals surface area contributed by atoms with E-state index in [0.29, 0.717) is 18.2 Å². The Morgan fingerprint density at radius 2 is 2.06 bits per heavy atom. The Balaban J connectivity index is 0.000000304. The summed E-state index contributed by atoms with van der Waals surface area (Å²) in [6, 6.07) is 2.54. The molecule has 4 heteroatoms. The highest BCUT2D eigenvalue weighted by atomic mass is 16.5. The van der Waals surface area contributed by atoms with Crippen LogP contribution in [0.3, 0.4) is 0 Å². The smallest absolute Gasteiger partial charge is 0.333 e. The highest BCUT2D eigenvalue weighted by molar-refractivity contribution is 5.86. The highest BCUT2D eigenvalue weighted by Gasteiger charge is 2.10. The molecular weight excluding hydrogens is 216 g/mol. The number of hydrogen-bond acceptors (Lipinski definition) is 4. The van der Waals surface area contributed by atoms with Crippen LogP contribution in [0.5, 0.6) is 0 Å². The summed E-state index contributed by atoms with van der Waals surface area (Å²) in [7, 11) is 0. The summed E-state index contributed by atoms with van der Waals surface area (Å²) in [5.41, 5.74) is 0.451. The molecule has 0 saturated heterocycles. The zero-order chi connectivity index (χ0) is 13.1. The van der Waals surface area contributed by atoms with Crippen LogP contribution in [0.2, 0.25) is 0 Å². The molecular formula is C13H22N2O2. The molecule has 4 nitrogen and oxygen atoms in total. The zero-order valence-electron chi connectivity index (χ0n) is 10.8. The largest absolute Gasteiger partial charge is 0.463 e. The van der Waals surface area contributed by atoms with Gasteiger partial charge in [-0.1, -0.05) is 25.8 Å². The lowest BCUT2D eigenvalue weighted by atomic mass is 9.96. The van der Waals surface area contributed by atoms with Crippen LogP contribution >= 0.6 is 0 Å². The van der Waals surface area contributed by atoms with Gasteiger partial charge in [0.2, 0.25) is 0 Å². The van der Waals surface area contributed by atoms with Crippen LogP contribution < -0.4 is 0 Å². The summed E-state index contributed by atoms with van der Waals surface area (Å²) in [6.45, 7) is 7.21. The molecule has 17 heavy (non-hydrogen) atoms. The number of ether oxygens (including phenoxy) is 1. The molecule has 0 aliphatic heterocycles. The minimum atomic E-state index is -0.312. The Bertz CT molecular complexity index is 288. The fourth-order valence-corrected chi connectivity index (χ4v) is 1.56. The lowest BCUT2D eigenvalue weighted by Crippen LogP contribution is -2.08. The maximum atomic E-state index is 10.4. The van der Waals surface area contributed by atoms with Gasteiger partial charge in [-0.25, -0.2) is 15.2 Å². The summed E-state index contributed by atoms with van der Waals surface area (Å²) < 4.78 is 4.56. The fraction of sp³-hybridized carbons (Fsp3) is 0.692. The highest BCUT2D eigenvalue weighted by Crippen LogP contribution is 2.19. The summed E-state index contributed by atoms with van der Waals surface area (Å²) in [5.74, 6) is -0.312. The molecule has 0 amide bonds. The van der Waals surface area contributed by atoms with Crippen molar-refractivity contribution in [3.63, 3.8) is 0 Å². The minimum Gasteiger partial charge on any atom is -0.463 e. The van der Waals surface area contributed by atoms with Gasteiger partial charge in [0.25, 0.3) is 0 Å². The predicted molar refractivity (Wildman–Crippen MR) is 68.5 cm³/mol. The first-order chi connectivity index (χ1) is 8.11. The summed E-state index contributed by atoms with van der Waals surface area (Å²) in [6.07, 6.45) is 6.27. The van der Waals surface area contributed by atoms with Crippen LogP contribution in [-0.4, -0.2) is 24.6 Å². The third-order valence-electron chi connectivity index (χ3n) is 2.45. The molecule has 0 aromatic heterocycles. The van der Waals surface area contributed by atoms with E-state index in [2.05, 4.69) is 22.3 Å². The van der Waals surface area contributed by atoms with Gasteiger partial charge >= 0.3 is 5.97 Å². The number of nitrogens with one attached hydrogen (secondary N) is 1. The number of hydrogen-bond donors (Lipinski definition) is 1. The van der Waals surface area contributed by atoms with E-state index in [4.69, 9.17) is 5.41 Å². The average Bonchev–Trinajstić information content (AvgIpc) is 2.32. The quantitative estimate of drug-likeness (QED) is 0.466. The first-order valence-electron chi connectivity index (χ1n) is 6.06. The van der Waals surface area contributed by atoms with E-state index in [1.165, 1.54) is 32.1 Å². The first-order valence-corrected chi connectivity index (χ1v) is 6.06. The Hall–Kier alpha value is -1.41. The van der Waals surface area contributed by atoms with Gasteiger partial charge in [-0.15, -0.1) is 0 Å². The van der Waals surface area contributed by atoms with Crippen molar-refractivity contribution in [1.29, 1.82) is 5.41 Å². The molecule has 1 saturated carbocycles. The normalized spacial score (nSPS) is 14.9. The number of carbonyl (C=O) groups excluding carboxylic acids is 1. The average molecular weight is 238 g/mol. The van der Waals surface area contributed by atoms with E-state index < -0.39 is 0 Å². The number of carbonyl (C=O) groups is 1. The van der Waals surface area contributed by atoms with Crippen LogP contribution in [0, 0.1) is 5.41 Å². The van der Waals surface area contributed by atoms with Crippen LogP contribution in [-0.2, 0) is 9.53 Å². The fourth-order valence-electron chi connectivity index (χ4n) is 1.56. The van der Waals surface area contributed by atoms with Crippen LogP contribution in [0.25, 0.3) is 0 Å². The molecule has 0 spiro atoms. The minimum absolute atomic E-state index is 0.312. The molecule has 1 N–H and O–H groups in total. The van der Waals surface area contributed by atoms with Crippen molar-refractivity contribution in [2.75, 3.05) is 6.61 Å². The zero-order valence-corrected chi connectivity index (χ0v) is 10.8. The molecule has 0 aromatic rings. The Morgan fingerprint density at radius 3 is 2.41 bits per heavy atom. The molecule has 0 heterocycles. The van der Waals surface area contributed by atoms with Gasteiger partial charge in [-0.3, -0.25) is 0 Å². The van der Waals surface area contributed by atoms with Gasteiger partial charge in [-0.2, -0.15) is 0 Å². The Kier molecular flexibility index (Phi) is 8.98. The van der Waals surface area contributed by atoms with Crippen molar-refractivity contribution in [2.24, 2.45) is 4.99 Å². The van der Waals surface area contributed by atoms with E-state index in [9.17, 15) is 4.79 Å². The number of nitrogens with zero attached hydrogens (tertiary/aromatic N) is 1. The van der Waals surface area contributed by atoms with Crippen molar-refractivity contribution >= 4 is 12.0 Å². The van der Waals surface area contributed by atoms with Crippen molar-refractivity contribution in [1.82, 2.24) is 0 Å². The Labute approximate surface area is 103 Å². The lowest BCUT2D eigenvalue weighted by Gasteiger charge is -2.15. The van der Waals surface area contributed by atoms with E-state index in [0.717, 1.165) is 0 Å². The molecule has 1 aliphatic carbocycles. The van der Waals surface area contributed by atoms with Crippen molar-refractivity contribution in [2.45, 2.75) is 52.0 Å². The number of rotatable bonds is 3. The van der Waals surface area contributed by atoms with Crippen LogP contribution in [0.15, 0.2) is 17.1 Å². The van der Waals surface area contributed by atoms with Gasteiger partial charge in [0.1, 0.15) is 0 Å². The predicted octanol–water partition coefficient (Wildman–Crippen LogP) is 3.20. The molecule has 96 valence electrons. The third-order valence-corrected chi connectivity index (χ3v) is 2.45. The standard InChI is InChI=1S/C7H12N2.C6H10O2/c8-6-9-7-4-2-1-3-5-7;1-4-8-6(7)5(2)3/h7-8H,1-5H2;2,4H2,1,3H3. The lowest BCUT2D eigenvalue weighted by molar-refractivity contribution is -0.138. The topological polar surface area (TPSA) is 62.5 Å². The summed E-state index contributed by atoms with van der Waals surface area (Å²) in [5, 5.41) is 6.62. The molecule has 0 bridgehead atoms. The van der Waals surface area contributed by atoms with E-state index in [-0.39, 0.29) is 5.97 Å². The van der Waals surface area contributed by atoms with Crippen LogP contribution in [0.1, 0.15) is 46.0 Å². The second kappa shape index (κ2) is 9.79. The van der Waals surface area contributed by atoms with Gasteiger partial charge in [0.05, 0.1) is 18.7 Å². The van der Waals surface area contributed by atoms with Crippen LogP contribution in [0.4, 0.5) is 0 Å².